The van der Waals surface area contributed by atoms with Crippen LogP contribution in [-0.2, 0) is 29.2 Å². The van der Waals surface area contributed by atoms with Gasteiger partial charge in [0, 0.05) is 19.2 Å². The van der Waals surface area contributed by atoms with Gasteiger partial charge in [0.2, 0.25) is 5.91 Å². The summed E-state index contributed by atoms with van der Waals surface area (Å²) in [5.74, 6) is -1.91. The van der Waals surface area contributed by atoms with Crippen LogP contribution >= 0.6 is 0 Å². The van der Waals surface area contributed by atoms with Crippen molar-refractivity contribution in [1.82, 2.24) is 4.90 Å². The largest absolute Gasteiger partial charge is 0.466 e. The molecule has 0 unspecified atom stereocenters. The molecule has 1 aromatic carbocycles. The van der Waals surface area contributed by atoms with Crippen molar-refractivity contribution in [2.45, 2.75) is 11.8 Å². The van der Waals surface area contributed by atoms with Crippen molar-refractivity contribution in [2.75, 3.05) is 37.4 Å². The summed E-state index contributed by atoms with van der Waals surface area (Å²) in [6, 6.07) is 3.47. The molecule has 0 aromatic heterocycles. The van der Waals surface area contributed by atoms with E-state index in [0.717, 1.165) is 13.2 Å². The Balaban J connectivity index is 2.54. The molecule has 0 saturated heterocycles. The zero-order valence-electron chi connectivity index (χ0n) is 15.1. The van der Waals surface area contributed by atoms with Crippen LogP contribution in [0.2, 0.25) is 0 Å². The second kappa shape index (κ2) is 8.37. The molecule has 2 rings (SSSR count). The summed E-state index contributed by atoms with van der Waals surface area (Å²) in [5.41, 5.74) is -0.373. The summed E-state index contributed by atoms with van der Waals surface area (Å²) >= 11 is 0. The van der Waals surface area contributed by atoms with Gasteiger partial charge in [0.05, 0.1) is 31.5 Å². The lowest BCUT2D eigenvalue weighted by atomic mass is 10.2. The third-order valence-corrected chi connectivity index (χ3v) is 4.70. The fourth-order valence-corrected chi connectivity index (χ4v) is 3.25. The first-order valence-electron chi connectivity index (χ1n) is 7.96. The van der Waals surface area contributed by atoms with Crippen LogP contribution in [0.3, 0.4) is 0 Å². The lowest BCUT2D eigenvalue weighted by Crippen LogP contribution is -2.31. The Kier molecular flexibility index (Phi) is 6.38. The Labute approximate surface area is 160 Å². The summed E-state index contributed by atoms with van der Waals surface area (Å²) in [5, 5.41) is 14.1. The van der Waals surface area contributed by atoms with Gasteiger partial charge in [-0.1, -0.05) is 0 Å². The maximum absolute atomic E-state index is 12.6. The molecule has 0 radical (unpaired) electrons. The van der Waals surface area contributed by atoms with Crippen LogP contribution in [0.1, 0.15) is 6.92 Å². The number of amides is 2. The maximum atomic E-state index is 12.6. The third kappa shape index (κ3) is 4.65. The predicted molar refractivity (Wildman–Crippen MR) is 96.9 cm³/mol. The molecule has 0 aliphatic carbocycles. The molecule has 152 valence electrons. The van der Waals surface area contributed by atoms with Gasteiger partial charge in [-0.15, -0.1) is 0 Å². The zero-order valence-corrected chi connectivity index (χ0v) is 15.9. The van der Waals surface area contributed by atoms with Crippen LogP contribution in [0.4, 0.5) is 11.4 Å². The lowest BCUT2D eigenvalue weighted by Gasteiger charge is -2.16. The molecule has 1 aromatic rings. The summed E-state index contributed by atoms with van der Waals surface area (Å²) in [7, 11) is -3.57. The molecule has 4 N–H and O–H groups in total. The minimum absolute atomic E-state index is 0.0540. The van der Waals surface area contributed by atoms with E-state index < -0.39 is 32.8 Å². The molecule has 0 spiro atoms. The van der Waals surface area contributed by atoms with E-state index in [1.807, 2.05) is 0 Å². The fourth-order valence-electron chi connectivity index (χ4n) is 2.62. The first-order chi connectivity index (χ1) is 13.1. The van der Waals surface area contributed by atoms with E-state index in [1.165, 1.54) is 24.0 Å². The van der Waals surface area contributed by atoms with Crippen molar-refractivity contribution in [1.29, 1.82) is 0 Å². The standard InChI is InChI=1S/C16H19N3O8S/c1-9(21)17-10-3-4-13(28(24,25)26)12(7-10)18-14-11(16(23)27-2)8-19(5-6-20)15(14)22/h3-4,7,18,20H,5-6,8H2,1-2H3,(H,17,21)(H,24,25,26). The first kappa shape index (κ1) is 21.3. The van der Waals surface area contributed by atoms with Crippen LogP contribution in [0.5, 0.6) is 0 Å². The van der Waals surface area contributed by atoms with Gasteiger partial charge in [-0.3, -0.25) is 14.1 Å². The number of ether oxygens (including phenoxy) is 1. The van der Waals surface area contributed by atoms with Crippen LogP contribution in [-0.4, -0.2) is 67.6 Å². The van der Waals surface area contributed by atoms with Crippen molar-refractivity contribution in [2.24, 2.45) is 0 Å². The summed E-state index contributed by atoms with van der Waals surface area (Å²) < 4.78 is 37.4. The highest BCUT2D eigenvalue weighted by molar-refractivity contribution is 7.86. The number of aliphatic hydroxyl groups excluding tert-OH is 1. The number of rotatable bonds is 7. The average molecular weight is 413 g/mol. The SMILES string of the molecule is COC(=O)C1=C(Nc2cc(NC(C)=O)ccc2S(=O)(=O)O)C(=O)N(CCO)C1. The number of methoxy groups -OCH3 is 1. The summed E-state index contributed by atoms with van der Waals surface area (Å²) in [6.45, 7) is 0.694. The number of benzene rings is 1. The molecule has 1 heterocycles. The number of nitrogens with zero attached hydrogens (tertiary/aromatic N) is 1. The molecule has 1 aliphatic heterocycles. The number of hydrogen-bond donors (Lipinski definition) is 4. The average Bonchev–Trinajstić information content (AvgIpc) is 2.90. The highest BCUT2D eigenvalue weighted by atomic mass is 32.2. The van der Waals surface area contributed by atoms with E-state index >= 15 is 0 Å². The summed E-state index contributed by atoms with van der Waals surface area (Å²) in [6.07, 6.45) is 0. The van der Waals surface area contributed by atoms with Gasteiger partial charge in [0.1, 0.15) is 10.6 Å². The van der Waals surface area contributed by atoms with Crippen LogP contribution in [0.25, 0.3) is 0 Å². The Morgan fingerprint density at radius 1 is 1.32 bits per heavy atom. The lowest BCUT2D eigenvalue weighted by molar-refractivity contribution is -0.136. The monoisotopic (exact) mass is 413 g/mol. The number of carbonyl (C=O) groups excluding carboxylic acids is 3. The number of esters is 1. The Morgan fingerprint density at radius 3 is 2.54 bits per heavy atom. The Bertz CT molecular complexity index is 955. The number of carbonyl (C=O) groups is 3. The van der Waals surface area contributed by atoms with E-state index in [2.05, 4.69) is 15.4 Å². The molecule has 12 heteroatoms. The van der Waals surface area contributed by atoms with Crippen molar-refractivity contribution in [3.05, 3.63) is 29.5 Å². The molecule has 11 nitrogen and oxygen atoms in total. The maximum Gasteiger partial charge on any atom is 0.337 e. The van der Waals surface area contributed by atoms with Crippen molar-refractivity contribution in [3.8, 4) is 0 Å². The summed E-state index contributed by atoms with van der Waals surface area (Å²) in [4.78, 5) is 36.4. The van der Waals surface area contributed by atoms with E-state index in [-0.39, 0.29) is 42.3 Å². The van der Waals surface area contributed by atoms with Crippen LogP contribution in [0, 0.1) is 0 Å². The van der Waals surface area contributed by atoms with E-state index in [4.69, 9.17) is 5.11 Å². The highest BCUT2D eigenvalue weighted by Gasteiger charge is 2.35. The minimum atomic E-state index is -4.68. The zero-order chi connectivity index (χ0) is 21.1. The molecule has 0 atom stereocenters. The van der Waals surface area contributed by atoms with E-state index in [9.17, 15) is 27.4 Å². The fraction of sp³-hybridized carbons (Fsp3) is 0.312. The second-order valence-electron chi connectivity index (χ2n) is 5.79. The Morgan fingerprint density at radius 2 is 2.00 bits per heavy atom. The number of β-amino-alcohol motifs (C(OH)–C–C–N with tert-alkyl or cyclic N) is 1. The van der Waals surface area contributed by atoms with Gasteiger partial charge in [0.15, 0.2) is 0 Å². The highest BCUT2D eigenvalue weighted by Crippen LogP contribution is 2.29. The molecule has 1 aliphatic rings. The van der Waals surface area contributed by atoms with E-state index in [1.54, 1.807) is 0 Å². The minimum Gasteiger partial charge on any atom is -0.466 e. The smallest absolute Gasteiger partial charge is 0.337 e. The van der Waals surface area contributed by atoms with Gasteiger partial charge in [-0.2, -0.15) is 8.42 Å². The number of aliphatic hydroxyl groups is 1. The van der Waals surface area contributed by atoms with Gasteiger partial charge in [-0.05, 0) is 18.2 Å². The number of nitrogens with one attached hydrogen (secondary N) is 2. The molecule has 0 bridgehead atoms. The van der Waals surface area contributed by atoms with Gasteiger partial charge in [0.25, 0.3) is 16.0 Å². The first-order valence-corrected chi connectivity index (χ1v) is 9.40. The predicted octanol–water partition coefficient (Wildman–Crippen LogP) is -0.435. The van der Waals surface area contributed by atoms with Crippen molar-refractivity contribution >= 4 is 39.3 Å². The molecule has 2 amide bonds. The van der Waals surface area contributed by atoms with Crippen LogP contribution < -0.4 is 10.6 Å². The normalized spacial score (nSPS) is 14.3. The van der Waals surface area contributed by atoms with Crippen LogP contribution in [0.15, 0.2) is 34.4 Å². The van der Waals surface area contributed by atoms with Gasteiger partial charge >= 0.3 is 5.97 Å². The topological polar surface area (TPSA) is 162 Å². The van der Waals surface area contributed by atoms with Crippen molar-refractivity contribution in [3.63, 3.8) is 0 Å². The van der Waals surface area contributed by atoms with Gasteiger partial charge < -0.3 is 25.4 Å². The molecular weight excluding hydrogens is 394 g/mol. The molecule has 0 saturated carbocycles. The number of hydrogen-bond acceptors (Lipinski definition) is 8. The third-order valence-electron chi connectivity index (χ3n) is 3.79. The molecule has 0 fully saturated rings. The van der Waals surface area contributed by atoms with E-state index in [0.29, 0.717) is 0 Å². The Hall–Kier alpha value is -2.96. The molecule has 28 heavy (non-hydrogen) atoms. The second-order valence-corrected chi connectivity index (χ2v) is 7.18. The number of anilines is 2. The quantitative estimate of drug-likeness (QED) is 0.343. The van der Waals surface area contributed by atoms with Gasteiger partial charge in [-0.25, -0.2) is 4.79 Å². The van der Waals surface area contributed by atoms with Crippen molar-refractivity contribution < 1.29 is 37.2 Å². The molecular formula is C16H19N3O8S.